The van der Waals surface area contributed by atoms with Gasteiger partial charge in [-0.15, -0.1) is 0 Å². The van der Waals surface area contributed by atoms with Crippen LogP contribution in [0.3, 0.4) is 0 Å². The largest absolute Gasteiger partial charge is 0.463 e. The van der Waals surface area contributed by atoms with Crippen molar-refractivity contribution in [3.8, 4) is 0 Å². The third kappa shape index (κ3) is 3.88. The third-order valence-electron chi connectivity index (χ3n) is 2.28. The number of benzene rings is 1. The van der Waals surface area contributed by atoms with E-state index in [0.29, 0.717) is 0 Å². The van der Waals surface area contributed by atoms with Gasteiger partial charge in [-0.05, 0) is 26.0 Å². The highest BCUT2D eigenvalue weighted by atomic mass is 19.1. The Morgan fingerprint density at radius 1 is 1.10 bits per heavy atom. The summed E-state index contributed by atoms with van der Waals surface area (Å²) < 4.78 is 36.7. The van der Waals surface area contributed by atoms with Crippen LogP contribution in [0.1, 0.15) is 19.4 Å². The number of carbonyl (C=O) groups is 2. The Balaban J connectivity index is 3.30. The molecule has 0 unspecified atom stereocenters. The number of ether oxygens (including phenoxy) is 2. The van der Waals surface area contributed by atoms with Crippen molar-refractivity contribution in [3.63, 3.8) is 0 Å². The van der Waals surface area contributed by atoms with Crippen LogP contribution in [0.25, 0.3) is 5.57 Å². The SMILES string of the molecule is CCOC(=O)/C=C(\C(=O)OCC)c1c(F)cccc1F. The second-order valence-electron chi connectivity index (χ2n) is 3.63. The molecule has 0 saturated carbocycles. The molecule has 1 aromatic rings. The number of halogens is 2. The van der Waals surface area contributed by atoms with Gasteiger partial charge in [-0.1, -0.05) is 6.07 Å². The van der Waals surface area contributed by atoms with Crippen LogP contribution in [0.2, 0.25) is 0 Å². The quantitative estimate of drug-likeness (QED) is 0.615. The van der Waals surface area contributed by atoms with E-state index in [1.807, 2.05) is 0 Å². The van der Waals surface area contributed by atoms with Gasteiger partial charge in [-0.2, -0.15) is 0 Å². The van der Waals surface area contributed by atoms with E-state index in [1.54, 1.807) is 6.92 Å². The van der Waals surface area contributed by atoms with Gasteiger partial charge >= 0.3 is 11.9 Å². The molecule has 1 rings (SSSR count). The zero-order chi connectivity index (χ0) is 15.1. The van der Waals surface area contributed by atoms with Crippen molar-refractivity contribution in [2.75, 3.05) is 13.2 Å². The molecule has 0 heterocycles. The molecule has 0 saturated heterocycles. The van der Waals surface area contributed by atoms with Crippen LogP contribution in [0.15, 0.2) is 24.3 Å². The molecule has 0 bridgehead atoms. The Hall–Kier alpha value is -2.24. The first-order valence-electron chi connectivity index (χ1n) is 6.01. The van der Waals surface area contributed by atoms with Crippen LogP contribution in [0.4, 0.5) is 8.78 Å². The smallest absolute Gasteiger partial charge is 0.339 e. The Morgan fingerprint density at radius 3 is 2.15 bits per heavy atom. The standard InChI is InChI=1S/C14H14F2O4/c1-3-19-12(17)8-9(14(18)20-4-2)13-10(15)6-5-7-11(13)16/h5-8H,3-4H2,1-2H3/b9-8-. The highest BCUT2D eigenvalue weighted by Gasteiger charge is 2.22. The molecule has 4 nitrogen and oxygen atoms in total. The maximum absolute atomic E-state index is 13.7. The number of esters is 2. The summed E-state index contributed by atoms with van der Waals surface area (Å²) in [6.45, 7) is 3.19. The average Bonchev–Trinajstić information content (AvgIpc) is 2.37. The van der Waals surface area contributed by atoms with Crippen molar-refractivity contribution in [1.29, 1.82) is 0 Å². The van der Waals surface area contributed by atoms with E-state index in [0.717, 1.165) is 24.3 Å². The zero-order valence-electron chi connectivity index (χ0n) is 11.1. The lowest BCUT2D eigenvalue weighted by Gasteiger charge is -2.09. The Morgan fingerprint density at radius 2 is 1.65 bits per heavy atom. The molecule has 0 aliphatic rings. The van der Waals surface area contributed by atoms with Gasteiger partial charge in [0.05, 0.1) is 24.4 Å². The average molecular weight is 284 g/mol. The van der Waals surface area contributed by atoms with Crippen molar-refractivity contribution in [2.45, 2.75) is 13.8 Å². The molecular formula is C14H14F2O4. The maximum atomic E-state index is 13.7. The second kappa shape index (κ2) is 7.37. The summed E-state index contributed by atoms with van der Waals surface area (Å²) in [5.74, 6) is -3.80. The van der Waals surface area contributed by atoms with E-state index in [4.69, 9.17) is 4.74 Å². The van der Waals surface area contributed by atoms with Crippen molar-refractivity contribution in [1.82, 2.24) is 0 Å². The molecule has 0 N–H and O–H groups in total. The van der Waals surface area contributed by atoms with Crippen molar-refractivity contribution < 1.29 is 27.8 Å². The van der Waals surface area contributed by atoms with Crippen LogP contribution < -0.4 is 0 Å². The van der Waals surface area contributed by atoms with E-state index in [9.17, 15) is 18.4 Å². The van der Waals surface area contributed by atoms with Gasteiger partial charge in [0.25, 0.3) is 0 Å². The highest BCUT2D eigenvalue weighted by molar-refractivity contribution is 6.20. The second-order valence-corrected chi connectivity index (χ2v) is 3.63. The Labute approximate surface area is 115 Å². The number of hydrogen-bond donors (Lipinski definition) is 0. The molecule has 0 fully saturated rings. The molecule has 0 aliphatic carbocycles. The van der Waals surface area contributed by atoms with Crippen molar-refractivity contribution in [3.05, 3.63) is 41.5 Å². The molecule has 0 spiro atoms. The number of hydrogen-bond acceptors (Lipinski definition) is 4. The summed E-state index contributed by atoms with van der Waals surface area (Å²) in [7, 11) is 0. The van der Waals surface area contributed by atoms with Gasteiger partial charge in [0, 0.05) is 6.08 Å². The molecule has 0 aromatic heterocycles. The lowest BCUT2D eigenvalue weighted by molar-refractivity contribution is -0.139. The summed E-state index contributed by atoms with van der Waals surface area (Å²) in [5, 5.41) is 0. The van der Waals surface area contributed by atoms with Crippen LogP contribution in [-0.4, -0.2) is 25.2 Å². The monoisotopic (exact) mass is 284 g/mol. The molecular weight excluding hydrogens is 270 g/mol. The van der Waals surface area contributed by atoms with Gasteiger partial charge in [0.15, 0.2) is 0 Å². The minimum absolute atomic E-state index is 0.00900. The molecule has 6 heteroatoms. The van der Waals surface area contributed by atoms with Crippen molar-refractivity contribution in [2.24, 2.45) is 0 Å². The lowest BCUT2D eigenvalue weighted by Crippen LogP contribution is -2.12. The summed E-state index contributed by atoms with van der Waals surface area (Å²) in [6.07, 6.45) is 0.725. The molecule has 0 aliphatic heterocycles. The van der Waals surface area contributed by atoms with E-state index in [2.05, 4.69) is 4.74 Å². The van der Waals surface area contributed by atoms with E-state index in [-0.39, 0.29) is 13.2 Å². The summed E-state index contributed by atoms with van der Waals surface area (Å²) in [6, 6.07) is 3.12. The zero-order valence-corrected chi connectivity index (χ0v) is 11.1. The van der Waals surface area contributed by atoms with Crippen LogP contribution >= 0.6 is 0 Å². The summed E-state index contributed by atoms with van der Waals surface area (Å²) in [5.41, 5.74) is -1.13. The minimum atomic E-state index is -0.996. The fourth-order valence-corrected chi connectivity index (χ4v) is 1.50. The van der Waals surface area contributed by atoms with E-state index in [1.165, 1.54) is 6.92 Å². The first kappa shape index (κ1) is 15.8. The fraction of sp³-hybridized carbons (Fsp3) is 0.286. The van der Waals surface area contributed by atoms with E-state index < -0.39 is 34.7 Å². The van der Waals surface area contributed by atoms with Crippen LogP contribution in [0.5, 0.6) is 0 Å². The first-order chi connectivity index (χ1) is 9.51. The predicted molar refractivity (Wildman–Crippen MR) is 67.6 cm³/mol. The van der Waals surface area contributed by atoms with Crippen LogP contribution in [-0.2, 0) is 19.1 Å². The van der Waals surface area contributed by atoms with Crippen LogP contribution in [0, 0.1) is 11.6 Å². The molecule has 20 heavy (non-hydrogen) atoms. The van der Waals surface area contributed by atoms with Gasteiger partial charge < -0.3 is 9.47 Å². The third-order valence-corrected chi connectivity index (χ3v) is 2.28. The predicted octanol–water partition coefficient (Wildman–Crippen LogP) is 2.47. The molecule has 1 aromatic carbocycles. The van der Waals surface area contributed by atoms with E-state index >= 15 is 0 Å². The Bertz CT molecular complexity index is 518. The molecule has 0 atom stereocenters. The first-order valence-corrected chi connectivity index (χ1v) is 6.01. The highest BCUT2D eigenvalue weighted by Crippen LogP contribution is 2.23. The van der Waals surface area contributed by atoms with Gasteiger partial charge in [0.1, 0.15) is 11.6 Å². The van der Waals surface area contributed by atoms with Gasteiger partial charge in [-0.25, -0.2) is 18.4 Å². The van der Waals surface area contributed by atoms with Gasteiger partial charge in [-0.3, -0.25) is 0 Å². The summed E-state index contributed by atoms with van der Waals surface area (Å²) in [4.78, 5) is 23.2. The number of carbonyl (C=O) groups excluding carboxylic acids is 2. The maximum Gasteiger partial charge on any atom is 0.339 e. The minimum Gasteiger partial charge on any atom is -0.463 e. The Kier molecular flexibility index (Phi) is 5.83. The molecule has 108 valence electrons. The molecule has 0 amide bonds. The molecule has 0 radical (unpaired) electrons. The van der Waals surface area contributed by atoms with Gasteiger partial charge in [0.2, 0.25) is 0 Å². The topological polar surface area (TPSA) is 52.6 Å². The van der Waals surface area contributed by atoms with Crippen molar-refractivity contribution >= 4 is 17.5 Å². The summed E-state index contributed by atoms with van der Waals surface area (Å²) >= 11 is 0. The lowest BCUT2D eigenvalue weighted by atomic mass is 10.0. The number of rotatable bonds is 5. The fourth-order valence-electron chi connectivity index (χ4n) is 1.50. The normalized spacial score (nSPS) is 11.1.